The summed E-state index contributed by atoms with van der Waals surface area (Å²) in [4.78, 5) is 0. The summed E-state index contributed by atoms with van der Waals surface area (Å²) in [5.74, 6) is 0.569. The Morgan fingerprint density at radius 3 is 2.72 bits per heavy atom. The second-order valence-corrected chi connectivity index (χ2v) is 5.11. The Balaban J connectivity index is 1.93. The predicted octanol–water partition coefficient (Wildman–Crippen LogP) is 3.98. The van der Waals surface area contributed by atoms with Crippen LogP contribution in [0, 0.1) is 5.82 Å². The first kappa shape index (κ1) is 13.6. The van der Waals surface area contributed by atoms with Crippen LogP contribution in [0.3, 0.4) is 0 Å². The first-order valence-corrected chi connectivity index (χ1v) is 7.07. The molecule has 0 radical (unpaired) electrons. The minimum absolute atomic E-state index is 0.174. The van der Waals surface area contributed by atoms with E-state index in [4.69, 9.17) is 11.6 Å². The molecule has 0 aromatic heterocycles. The lowest BCUT2D eigenvalue weighted by Crippen LogP contribution is -2.32. The van der Waals surface area contributed by atoms with Gasteiger partial charge in [0.15, 0.2) is 0 Å². The monoisotopic (exact) mass is 267 g/mol. The van der Waals surface area contributed by atoms with Gasteiger partial charge < -0.3 is 5.32 Å². The first-order chi connectivity index (χ1) is 8.79. The topological polar surface area (TPSA) is 12.0 Å². The van der Waals surface area contributed by atoms with Crippen molar-refractivity contribution in [2.45, 2.75) is 31.7 Å². The maximum Gasteiger partial charge on any atom is 0.123 e. The molecule has 0 aliphatic carbocycles. The van der Waals surface area contributed by atoms with Gasteiger partial charge in [0.05, 0.1) is 0 Å². The highest BCUT2D eigenvalue weighted by atomic mass is 35.5. The Morgan fingerprint density at radius 1 is 1.22 bits per heavy atom. The van der Waals surface area contributed by atoms with E-state index < -0.39 is 0 Å². The van der Waals surface area contributed by atoms with Gasteiger partial charge in [0, 0.05) is 18.5 Å². The van der Waals surface area contributed by atoms with Crippen LogP contribution in [-0.2, 0) is 0 Å². The largest absolute Gasteiger partial charge is 0.310 e. The zero-order valence-corrected chi connectivity index (χ0v) is 11.2. The molecule has 98 valence electrons. The van der Waals surface area contributed by atoms with E-state index in [2.05, 4.69) is 11.4 Å². The van der Waals surface area contributed by atoms with Crippen molar-refractivity contribution in [2.75, 3.05) is 12.4 Å². The molecule has 1 atom stereocenters. The van der Waals surface area contributed by atoms with Crippen LogP contribution in [0.1, 0.15) is 31.2 Å². The Morgan fingerprint density at radius 2 is 2.00 bits per heavy atom. The van der Waals surface area contributed by atoms with Crippen molar-refractivity contribution in [3.8, 4) is 0 Å². The van der Waals surface area contributed by atoms with Crippen molar-refractivity contribution in [1.29, 1.82) is 0 Å². The molecule has 0 spiro atoms. The van der Waals surface area contributed by atoms with Gasteiger partial charge in [-0.05, 0) is 42.5 Å². The van der Waals surface area contributed by atoms with Crippen molar-refractivity contribution in [3.63, 3.8) is 0 Å². The van der Waals surface area contributed by atoms with Gasteiger partial charge in [0.2, 0.25) is 0 Å². The smallest absolute Gasteiger partial charge is 0.123 e. The summed E-state index contributed by atoms with van der Waals surface area (Å²) in [6, 6.07) is 7.31. The molecule has 3 heteroatoms. The molecular formula is C15H19ClFN. The third kappa shape index (κ3) is 3.82. The van der Waals surface area contributed by atoms with Gasteiger partial charge in [-0.1, -0.05) is 24.6 Å². The van der Waals surface area contributed by atoms with Crippen LogP contribution in [0.5, 0.6) is 0 Å². The van der Waals surface area contributed by atoms with Gasteiger partial charge in [-0.15, -0.1) is 11.6 Å². The minimum Gasteiger partial charge on any atom is -0.310 e. The minimum atomic E-state index is -0.174. The van der Waals surface area contributed by atoms with Crippen molar-refractivity contribution < 1.29 is 4.39 Å². The lowest BCUT2D eigenvalue weighted by Gasteiger charge is -2.24. The lowest BCUT2D eigenvalue weighted by molar-refractivity contribution is 0.483. The van der Waals surface area contributed by atoms with Crippen molar-refractivity contribution in [2.24, 2.45) is 0 Å². The second-order valence-electron chi connectivity index (χ2n) is 4.73. The molecule has 2 rings (SSSR count). The number of unbranched alkanes of at least 4 members (excludes halogenated alkanes) is 1. The summed E-state index contributed by atoms with van der Waals surface area (Å²) in [6.07, 6.45) is 6.62. The van der Waals surface area contributed by atoms with Crippen molar-refractivity contribution in [1.82, 2.24) is 5.32 Å². The zero-order valence-electron chi connectivity index (χ0n) is 10.5. The zero-order chi connectivity index (χ0) is 12.8. The number of rotatable bonds is 5. The summed E-state index contributed by atoms with van der Waals surface area (Å²) in [5.41, 5.74) is 2.46. The molecule has 1 nitrogen and oxygen atoms in total. The quantitative estimate of drug-likeness (QED) is 0.629. The van der Waals surface area contributed by atoms with Crippen LogP contribution >= 0.6 is 11.6 Å². The van der Waals surface area contributed by atoms with Gasteiger partial charge in [0.25, 0.3) is 0 Å². The van der Waals surface area contributed by atoms with Gasteiger partial charge in [-0.25, -0.2) is 4.39 Å². The fourth-order valence-electron chi connectivity index (χ4n) is 2.36. The molecule has 0 bridgehead atoms. The van der Waals surface area contributed by atoms with E-state index >= 15 is 0 Å². The maximum atomic E-state index is 12.9. The van der Waals surface area contributed by atoms with E-state index in [-0.39, 0.29) is 5.82 Å². The molecular weight excluding hydrogens is 249 g/mol. The fraction of sp³-hybridized carbons (Fsp3) is 0.467. The van der Waals surface area contributed by atoms with E-state index in [1.807, 2.05) is 12.1 Å². The van der Waals surface area contributed by atoms with E-state index in [0.29, 0.717) is 6.04 Å². The summed E-state index contributed by atoms with van der Waals surface area (Å²) >= 11 is 5.69. The van der Waals surface area contributed by atoms with Gasteiger partial charge in [-0.3, -0.25) is 0 Å². The highest BCUT2D eigenvalue weighted by Gasteiger charge is 2.15. The van der Waals surface area contributed by atoms with E-state index in [9.17, 15) is 4.39 Å². The summed E-state index contributed by atoms with van der Waals surface area (Å²) in [7, 11) is 0. The van der Waals surface area contributed by atoms with Crippen molar-refractivity contribution in [3.05, 3.63) is 41.7 Å². The summed E-state index contributed by atoms with van der Waals surface area (Å²) in [6.45, 7) is 0.901. The number of benzene rings is 1. The summed E-state index contributed by atoms with van der Waals surface area (Å²) < 4.78 is 12.9. The van der Waals surface area contributed by atoms with Crippen LogP contribution in [0.2, 0.25) is 0 Å². The SMILES string of the molecule is Fc1ccc(C2=CCNC(CCCCCl)C2)cc1. The molecule has 1 heterocycles. The standard InChI is InChI=1S/C15H19ClFN/c16-9-2-1-3-15-11-13(8-10-18-15)12-4-6-14(17)7-5-12/h4-8,15,18H,1-3,9-11H2. The number of halogens is 2. The van der Waals surface area contributed by atoms with Crippen molar-refractivity contribution >= 4 is 17.2 Å². The Bertz CT molecular complexity index is 399. The number of alkyl halides is 1. The highest BCUT2D eigenvalue weighted by molar-refractivity contribution is 6.17. The molecule has 18 heavy (non-hydrogen) atoms. The third-order valence-corrected chi connectivity index (χ3v) is 3.64. The van der Waals surface area contributed by atoms with Crippen LogP contribution in [-0.4, -0.2) is 18.5 Å². The van der Waals surface area contributed by atoms with Crippen LogP contribution in [0.4, 0.5) is 4.39 Å². The average Bonchev–Trinajstić information content (AvgIpc) is 2.40. The molecule has 1 aliphatic heterocycles. The average molecular weight is 268 g/mol. The molecule has 0 fully saturated rings. The van der Waals surface area contributed by atoms with E-state index in [1.54, 1.807) is 0 Å². The predicted molar refractivity (Wildman–Crippen MR) is 75.4 cm³/mol. The fourth-order valence-corrected chi connectivity index (χ4v) is 2.55. The summed E-state index contributed by atoms with van der Waals surface area (Å²) in [5, 5.41) is 3.50. The molecule has 0 saturated carbocycles. The Labute approximate surface area is 113 Å². The third-order valence-electron chi connectivity index (χ3n) is 3.37. The molecule has 1 aliphatic rings. The van der Waals surface area contributed by atoms with Crippen LogP contribution < -0.4 is 5.32 Å². The van der Waals surface area contributed by atoms with Crippen LogP contribution in [0.25, 0.3) is 5.57 Å². The molecule has 0 amide bonds. The second kappa shape index (κ2) is 6.91. The molecule has 1 aromatic carbocycles. The van der Waals surface area contributed by atoms with Gasteiger partial charge >= 0.3 is 0 Å². The van der Waals surface area contributed by atoms with E-state index in [0.717, 1.165) is 43.7 Å². The van der Waals surface area contributed by atoms with E-state index in [1.165, 1.54) is 17.7 Å². The number of hydrogen-bond acceptors (Lipinski definition) is 1. The first-order valence-electron chi connectivity index (χ1n) is 6.54. The van der Waals surface area contributed by atoms with Crippen LogP contribution in [0.15, 0.2) is 30.3 Å². The maximum absolute atomic E-state index is 12.9. The van der Waals surface area contributed by atoms with Gasteiger partial charge in [-0.2, -0.15) is 0 Å². The Kier molecular flexibility index (Phi) is 5.21. The molecule has 1 N–H and O–H groups in total. The normalized spacial score (nSPS) is 19.7. The molecule has 1 unspecified atom stereocenters. The van der Waals surface area contributed by atoms with Gasteiger partial charge in [0.1, 0.15) is 5.82 Å². The number of hydrogen-bond donors (Lipinski definition) is 1. The number of nitrogens with one attached hydrogen (secondary N) is 1. The highest BCUT2D eigenvalue weighted by Crippen LogP contribution is 2.24. The molecule has 1 aromatic rings. The molecule has 0 saturated heterocycles. The Hall–Kier alpha value is -0.860. The lowest BCUT2D eigenvalue weighted by atomic mass is 9.93.